The molecule has 0 aliphatic carbocycles. The summed E-state index contributed by atoms with van der Waals surface area (Å²) in [6.45, 7) is 6.60. The van der Waals surface area contributed by atoms with Crippen LogP contribution in [-0.2, 0) is 14.3 Å². The van der Waals surface area contributed by atoms with Gasteiger partial charge in [0.05, 0.1) is 17.2 Å². The van der Waals surface area contributed by atoms with E-state index in [4.69, 9.17) is 31.5 Å². The van der Waals surface area contributed by atoms with Crippen LogP contribution >= 0.6 is 22.9 Å². The van der Waals surface area contributed by atoms with Gasteiger partial charge in [0.25, 0.3) is 0 Å². The van der Waals surface area contributed by atoms with Gasteiger partial charge in [0.15, 0.2) is 17.2 Å². The molecule has 0 spiro atoms. The molecule has 0 atom stereocenters. The summed E-state index contributed by atoms with van der Waals surface area (Å²) in [6.07, 6.45) is 0. The molecule has 2 rings (SSSR count). The molecule has 152 valence electrons. The number of nitrogens with two attached hydrogens (primary N) is 1. The van der Waals surface area contributed by atoms with Crippen molar-refractivity contribution in [3.8, 4) is 16.2 Å². The van der Waals surface area contributed by atoms with Gasteiger partial charge in [-0.15, -0.1) is 11.3 Å². The highest BCUT2D eigenvalue weighted by Crippen LogP contribution is 2.46. The van der Waals surface area contributed by atoms with E-state index in [2.05, 4.69) is 0 Å². The number of halogens is 2. The summed E-state index contributed by atoms with van der Waals surface area (Å²) in [6, 6.07) is 4.09. The van der Waals surface area contributed by atoms with Crippen LogP contribution in [0, 0.1) is 5.82 Å². The van der Waals surface area contributed by atoms with Crippen LogP contribution in [0.15, 0.2) is 18.2 Å². The molecule has 1 aromatic heterocycles. The Morgan fingerprint density at radius 1 is 1.29 bits per heavy atom. The van der Waals surface area contributed by atoms with Crippen molar-refractivity contribution in [2.45, 2.75) is 33.3 Å². The van der Waals surface area contributed by atoms with E-state index < -0.39 is 30.0 Å². The van der Waals surface area contributed by atoms with E-state index in [-0.39, 0.29) is 27.9 Å². The normalized spacial score (nSPS) is 11.2. The second kappa shape index (κ2) is 8.79. The molecule has 1 aromatic carbocycles. The highest BCUT2D eigenvalue weighted by atomic mass is 35.5. The van der Waals surface area contributed by atoms with Crippen LogP contribution in [0.25, 0.3) is 10.4 Å². The number of nitrogen functional groups attached to an aromatic ring is 1. The summed E-state index contributed by atoms with van der Waals surface area (Å²) in [5, 5.41) is 0.0983. The van der Waals surface area contributed by atoms with Crippen LogP contribution in [0.4, 0.5) is 10.1 Å². The maximum atomic E-state index is 13.5. The SMILES string of the molecule is CCOC(=O)COc1c(C(=O)OC(C)(C)C)sc(-c2ccc(F)c(N)c2)c1Cl. The van der Waals surface area contributed by atoms with Crippen molar-refractivity contribution in [3.63, 3.8) is 0 Å². The summed E-state index contributed by atoms with van der Waals surface area (Å²) in [5.41, 5.74) is 5.33. The maximum Gasteiger partial charge on any atom is 0.352 e. The highest BCUT2D eigenvalue weighted by molar-refractivity contribution is 7.18. The van der Waals surface area contributed by atoms with Crippen LogP contribution in [0.3, 0.4) is 0 Å². The average Bonchev–Trinajstić information content (AvgIpc) is 2.91. The van der Waals surface area contributed by atoms with Crippen LogP contribution in [0.2, 0.25) is 5.02 Å². The predicted octanol–water partition coefficient (Wildman–Crippen LogP) is 4.69. The number of anilines is 1. The molecule has 0 aliphatic heterocycles. The fourth-order valence-electron chi connectivity index (χ4n) is 2.19. The fourth-order valence-corrected chi connectivity index (χ4v) is 3.63. The summed E-state index contributed by atoms with van der Waals surface area (Å²) < 4.78 is 29.2. The summed E-state index contributed by atoms with van der Waals surface area (Å²) in [4.78, 5) is 24.8. The maximum absolute atomic E-state index is 13.5. The molecule has 0 radical (unpaired) electrons. The van der Waals surface area contributed by atoms with Gasteiger partial charge in [-0.05, 0) is 45.4 Å². The van der Waals surface area contributed by atoms with Crippen LogP contribution in [0.1, 0.15) is 37.4 Å². The third kappa shape index (κ3) is 5.36. The molecule has 2 N–H and O–H groups in total. The second-order valence-electron chi connectivity index (χ2n) is 6.74. The molecular weight excluding hydrogens is 409 g/mol. The Hall–Kier alpha value is -2.32. The molecule has 9 heteroatoms. The Kier molecular flexibility index (Phi) is 6.90. The van der Waals surface area contributed by atoms with E-state index in [1.165, 1.54) is 18.2 Å². The minimum absolute atomic E-state index is 0.00636. The zero-order valence-corrected chi connectivity index (χ0v) is 17.5. The molecule has 0 aliphatic rings. The Morgan fingerprint density at radius 2 is 1.96 bits per heavy atom. The van der Waals surface area contributed by atoms with Gasteiger partial charge < -0.3 is 19.9 Å². The van der Waals surface area contributed by atoms with Gasteiger partial charge in [-0.3, -0.25) is 0 Å². The Labute approximate surface area is 171 Å². The van der Waals surface area contributed by atoms with Crippen molar-refractivity contribution in [2.75, 3.05) is 18.9 Å². The lowest BCUT2D eigenvalue weighted by atomic mass is 10.1. The van der Waals surface area contributed by atoms with Gasteiger partial charge >= 0.3 is 11.9 Å². The van der Waals surface area contributed by atoms with Gasteiger partial charge in [-0.25, -0.2) is 14.0 Å². The lowest BCUT2D eigenvalue weighted by molar-refractivity contribution is -0.145. The number of carbonyl (C=O) groups excluding carboxylic acids is 2. The average molecular weight is 430 g/mol. The van der Waals surface area contributed by atoms with Crippen molar-refractivity contribution in [1.82, 2.24) is 0 Å². The number of ether oxygens (including phenoxy) is 3. The highest BCUT2D eigenvalue weighted by Gasteiger charge is 2.29. The third-order valence-electron chi connectivity index (χ3n) is 3.29. The molecule has 0 amide bonds. The number of carbonyl (C=O) groups is 2. The number of esters is 2. The lowest BCUT2D eigenvalue weighted by Gasteiger charge is -2.19. The largest absolute Gasteiger partial charge is 0.479 e. The van der Waals surface area contributed by atoms with Gasteiger partial charge in [0.2, 0.25) is 0 Å². The van der Waals surface area contributed by atoms with Crippen LogP contribution < -0.4 is 10.5 Å². The molecule has 0 saturated carbocycles. The molecule has 28 heavy (non-hydrogen) atoms. The number of rotatable bonds is 6. The monoisotopic (exact) mass is 429 g/mol. The van der Waals surface area contributed by atoms with Gasteiger partial charge in [-0.2, -0.15) is 0 Å². The lowest BCUT2D eigenvalue weighted by Crippen LogP contribution is -2.24. The van der Waals surface area contributed by atoms with E-state index in [1.807, 2.05) is 0 Å². The first kappa shape index (κ1) is 22.0. The predicted molar refractivity (Wildman–Crippen MR) is 106 cm³/mol. The van der Waals surface area contributed by atoms with Crippen molar-refractivity contribution in [3.05, 3.63) is 33.9 Å². The first-order valence-corrected chi connectivity index (χ1v) is 9.62. The number of thiophene rings is 1. The minimum atomic E-state index is -0.744. The molecule has 6 nitrogen and oxygen atoms in total. The van der Waals surface area contributed by atoms with Gasteiger partial charge in [-0.1, -0.05) is 17.7 Å². The first-order valence-electron chi connectivity index (χ1n) is 8.43. The Balaban J connectivity index is 2.47. The van der Waals surface area contributed by atoms with Crippen molar-refractivity contribution in [1.29, 1.82) is 0 Å². The van der Waals surface area contributed by atoms with E-state index >= 15 is 0 Å². The van der Waals surface area contributed by atoms with Gasteiger partial charge in [0.1, 0.15) is 16.4 Å². The van der Waals surface area contributed by atoms with Crippen LogP contribution in [-0.4, -0.2) is 30.8 Å². The first-order chi connectivity index (χ1) is 13.0. The second-order valence-corrected chi connectivity index (χ2v) is 8.13. The summed E-state index contributed by atoms with van der Waals surface area (Å²) in [5.74, 6) is -1.82. The number of hydrogen-bond acceptors (Lipinski definition) is 7. The Bertz CT molecular complexity index is 891. The van der Waals surface area contributed by atoms with Gasteiger partial charge in [0, 0.05) is 0 Å². The zero-order valence-electron chi connectivity index (χ0n) is 15.9. The molecular formula is C19H21ClFNO5S. The van der Waals surface area contributed by atoms with E-state index in [0.29, 0.717) is 10.4 Å². The molecule has 2 aromatic rings. The molecule has 0 fully saturated rings. The molecule has 0 unspecified atom stereocenters. The van der Waals surface area contributed by atoms with Crippen molar-refractivity contribution < 1.29 is 28.2 Å². The Morgan fingerprint density at radius 3 is 2.54 bits per heavy atom. The molecule has 0 bridgehead atoms. The summed E-state index contributed by atoms with van der Waals surface area (Å²) >= 11 is 7.43. The number of benzene rings is 1. The number of hydrogen-bond donors (Lipinski definition) is 1. The zero-order chi connectivity index (χ0) is 21.1. The van der Waals surface area contributed by atoms with E-state index in [9.17, 15) is 14.0 Å². The smallest absolute Gasteiger partial charge is 0.352 e. The van der Waals surface area contributed by atoms with E-state index in [1.54, 1.807) is 27.7 Å². The quantitative estimate of drug-likeness (QED) is 0.529. The van der Waals surface area contributed by atoms with E-state index in [0.717, 1.165) is 11.3 Å². The topological polar surface area (TPSA) is 87.8 Å². The summed E-state index contributed by atoms with van der Waals surface area (Å²) in [7, 11) is 0. The van der Waals surface area contributed by atoms with Crippen LogP contribution in [0.5, 0.6) is 5.75 Å². The van der Waals surface area contributed by atoms with Crippen molar-refractivity contribution >= 4 is 40.6 Å². The molecule has 1 heterocycles. The van der Waals surface area contributed by atoms with Crippen molar-refractivity contribution in [2.24, 2.45) is 0 Å². The standard InChI is InChI=1S/C19H21ClFNO5S/c1-5-25-13(23)9-26-15-14(20)16(10-6-7-11(21)12(22)8-10)28-17(15)18(24)27-19(2,3)4/h6-8H,5,9,22H2,1-4H3. The third-order valence-corrected chi connectivity index (χ3v) is 4.96. The fraction of sp³-hybridized carbons (Fsp3) is 0.368. The molecule has 0 saturated heterocycles. The minimum Gasteiger partial charge on any atom is -0.479 e.